The van der Waals surface area contributed by atoms with Gasteiger partial charge in [0.05, 0.1) is 29.9 Å². The second-order valence-corrected chi connectivity index (χ2v) is 8.06. The Morgan fingerprint density at radius 3 is 2.60 bits per heavy atom. The number of methoxy groups -OCH3 is 1. The first-order valence-corrected chi connectivity index (χ1v) is 10.4. The summed E-state index contributed by atoms with van der Waals surface area (Å²) in [6.07, 6.45) is 3.63. The molecule has 0 radical (unpaired) electrons. The highest BCUT2D eigenvalue weighted by Crippen LogP contribution is 2.20. The van der Waals surface area contributed by atoms with Gasteiger partial charge < -0.3 is 9.30 Å². The highest BCUT2D eigenvalue weighted by Gasteiger charge is 2.14. The van der Waals surface area contributed by atoms with Crippen molar-refractivity contribution in [2.45, 2.75) is 19.8 Å². The molecule has 0 amide bonds. The molecule has 6 nitrogen and oxygen atoms in total. The molecule has 4 rings (SSSR count). The van der Waals surface area contributed by atoms with E-state index in [4.69, 9.17) is 4.74 Å². The molecule has 152 valence electrons. The van der Waals surface area contributed by atoms with Crippen LogP contribution in [-0.4, -0.2) is 27.6 Å². The average Bonchev–Trinajstić information content (AvgIpc) is 3.22. The van der Waals surface area contributed by atoms with Crippen LogP contribution in [-0.2, 0) is 0 Å². The molecule has 0 spiro atoms. The van der Waals surface area contributed by atoms with Gasteiger partial charge in [-0.1, -0.05) is 29.8 Å². The lowest BCUT2D eigenvalue weighted by atomic mass is 10.2. The Hall–Kier alpha value is -3.19. The predicted molar refractivity (Wildman–Crippen MR) is 123 cm³/mol. The van der Waals surface area contributed by atoms with Gasteiger partial charge in [-0.25, -0.2) is 4.98 Å². The van der Waals surface area contributed by atoms with Gasteiger partial charge in [0.2, 0.25) is 0 Å². The zero-order chi connectivity index (χ0) is 21.3. The monoisotopic (exact) mass is 464 g/mol. The highest BCUT2D eigenvalue weighted by molar-refractivity contribution is 9.10. The summed E-state index contributed by atoms with van der Waals surface area (Å²) in [5, 5.41) is 5.05. The van der Waals surface area contributed by atoms with Crippen molar-refractivity contribution < 1.29 is 4.74 Å². The van der Waals surface area contributed by atoms with E-state index >= 15 is 0 Å². The molecule has 0 bridgehead atoms. The van der Waals surface area contributed by atoms with E-state index < -0.39 is 0 Å². The Labute approximate surface area is 182 Å². The molecule has 0 saturated carbocycles. The maximum Gasteiger partial charge on any atom is 0.282 e. The summed E-state index contributed by atoms with van der Waals surface area (Å²) in [4.78, 5) is 17.8. The molecule has 4 aromatic rings. The van der Waals surface area contributed by atoms with Crippen LogP contribution in [0.4, 0.5) is 0 Å². The molecule has 2 aromatic carbocycles. The Bertz CT molecular complexity index is 1290. The highest BCUT2D eigenvalue weighted by atomic mass is 79.9. The van der Waals surface area contributed by atoms with Gasteiger partial charge in [-0.15, -0.1) is 0 Å². The average molecular weight is 465 g/mol. The second kappa shape index (κ2) is 8.28. The van der Waals surface area contributed by atoms with Crippen LogP contribution in [0.2, 0.25) is 0 Å². The molecule has 2 heterocycles. The third kappa shape index (κ3) is 3.80. The minimum absolute atomic E-state index is 0.0382. The molecule has 0 N–H and O–H groups in total. The van der Waals surface area contributed by atoms with Crippen LogP contribution in [0.1, 0.15) is 31.3 Å². The summed E-state index contributed by atoms with van der Waals surface area (Å²) in [6, 6.07) is 17.1. The third-order valence-electron chi connectivity index (χ3n) is 4.79. The van der Waals surface area contributed by atoms with Crippen molar-refractivity contribution in [2.24, 2.45) is 5.10 Å². The number of ether oxygens (including phenoxy) is 1. The Morgan fingerprint density at radius 1 is 1.13 bits per heavy atom. The van der Waals surface area contributed by atoms with E-state index in [2.05, 4.69) is 26.0 Å². The van der Waals surface area contributed by atoms with Gasteiger partial charge in [-0.05, 0) is 54.6 Å². The molecular weight excluding hydrogens is 444 g/mol. The smallest absolute Gasteiger partial charge is 0.282 e. The molecule has 0 saturated heterocycles. The number of nitrogens with zero attached hydrogens (tertiary/aromatic N) is 4. The fourth-order valence-corrected chi connectivity index (χ4v) is 3.61. The van der Waals surface area contributed by atoms with Crippen molar-refractivity contribution in [3.8, 4) is 11.4 Å². The van der Waals surface area contributed by atoms with Crippen molar-refractivity contribution in [1.29, 1.82) is 0 Å². The predicted octanol–water partition coefficient (Wildman–Crippen LogP) is 4.96. The first-order chi connectivity index (χ1) is 14.5. The van der Waals surface area contributed by atoms with Crippen LogP contribution in [0, 0.1) is 0 Å². The van der Waals surface area contributed by atoms with Crippen molar-refractivity contribution in [2.75, 3.05) is 7.11 Å². The van der Waals surface area contributed by atoms with Crippen molar-refractivity contribution in [3.63, 3.8) is 0 Å². The summed E-state index contributed by atoms with van der Waals surface area (Å²) >= 11 is 3.43. The van der Waals surface area contributed by atoms with E-state index in [9.17, 15) is 4.79 Å². The van der Waals surface area contributed by atoms with Gasteiger partial charge in [-0.3, -0.25) is 4.79 Å². The van der Waals surface area contributed by atoms with Crippen molar-refractivity contribution >= 4 is 33.0 Å². The lowest BCUT2D eigenvalue weighted by Crippen LogP contribution is -2.23. The summed E-state index contributed by atoms with van der Waals surface area (Å²) in [6.45, 7) is 4.00. The number of hydrogen-bond acceptors (Lipinski definition) is 4. The van der Waals surface area contributed by atoms with E-state index in [1.807, 2.05) is 73.1 Å². The van der Waals surface area contributed by atoms with Crippen LogP contribution in [0.3, 0.4) is 0 Å². The molecule has 0 atom stereocenters. The molecule has 7 heteroatoms. The van der Waals surface area contributed by atoms with Gasteiger partial charge in [0.25, 0.3) is 5.56 Å². The van der Waals surface area contributed by atoms with Crippen LogP contribution in [0.15, 0.2) is 75.2 Å². The molecule has 2 aromatic heterocycles. The zero-order valence-electron chi connectivity index (χ0n) is 16.9. The quantitative estimate of drug-likeness (QED) is 0.392. The van der Waals surface area contributed by atoms with Crippen molar-refractivity contribution in [1.82, 2.24) is 14.2 Å². The van der Waals surface area contributed by atoms with Gasteiger partial charge >= 0.3 is 0 Å². The summed E-state index contributed by atoms with van der Waals surface area (Å²) in [5.74, 6) is 1.45. The summed E-state index contributed by atoms with van der Waals surface area (Å²) in [5.41, 5.74) is 2.29. The SMILES string of the molecule is COc1ccc(-n2cccc2C=Nn2c(C(C)C)nc3ccc(Br)cc3c2=O)cc1. The van der Waals surface area contributed by atoms with Crippen molar-refractivity contribution in [3.05, 3.63) is 87.1 Å². The first kappa shape index (κ1) is 20.1. The molecular formula is C23H21BrN4O2. The number of benzene rings is 2. The molecule has 0 aliphatic carbocycles. The lowest BCUT2D eigenvalue weighted by molar-refractivity contribution is 0.415. The number of hydrogen-bond donors (Lipinski definition) is 0. The van der Waals surface area contributed by atoms with E-state index in [1.54, 1.807) is 19.4 Å². The number of rotatable bonds is 5. The standard InChI is InChI=1S/C23H21BrN4O2/c1-15(2)22-26-21-11-6-16(24)13-20(21)23(29)28(22)25-14-18-5-4-12-27(18)17-7-9-19(30-3)10-8-17/h4-15H,1-3H3. The van der Waals surface area contributed by atoms with Crippen LogP contribution >= 0.6 is 15.9 Å². The Balaban J connectivity index is 1.80. The van der Waals surface area contributed by atoms with Gasteiger partial charge in [0.1, 0.15) is 11.6 Å². The molecule has 0 fully saturated rings. The summed E-state index contributed by atoms with van der Waals surface area (Å²) < 4.78 is 9.45. The first-order valence-electron chi connectivity index (χ1n) is 9.56. The fourth-order valence-electron chi connectivity index (χ4n) is 3.25. The maximum absolute atomic E-state index is 13.2. The minimum Gasteiger partial charge on any atom is -0.497 e. The molecule has 0 unspecified atom stereocenters. The normalized spacial score (nSPS) is 11.6. The fraction of sp³-hybridized carbons (Fsp3) is 0.174. The van der Waals surface area contributed by atoms with E-state index in [0.717, 1.165) is 21.6 Å². The van der Waals surface area contributed by atoms with Crippen LogP contribution < -0.4 is 10.3 Å². The largest absolute Gasteiger partial charge is 0.497 e. The lowest BCUT2D eigenvalue weighted by Gasteiger charge is -2.12. The van der Waals surface area contributed by atoms with E-state index in [-0.39, 0.29) is 11.5 Å². The Kier molecular flexibility index (Phi) is 5.55. The zero-order valence-corrected chi connectivity index (χ0v) is 18.5. The number of halogens is 1. The molecule has 0 aliphatic heterocycles. The van der Waals surface area contributed by atoms with E-state index in [0.29, 0.717) is 16.7 Å². The second-order valence-electron chi connectivity index (χ2n) is 7.15. The molecule has 30 heavy (non-hydrogen) atoms. The topological polar surface area (TPSA) is 61.4 Å². The maximum atomic E-state index is 13.2. The van der Waals surface area contributed by atoms with Gasteiger partial charge in [0.15, 0.2) is 0 Å². The molecule has 0 aliphatic rings. The summed E-state index contributed by atoms with van der Waals surface area (Å²) in [7, 11) is 1.64. The minimum atomic E-state index is -0.191. The number of fused-ring (bicyclic) bond motifs is 1. The Morgan fingerprint density at radius 2 is 1.90 bits per heavy atom. The van der Waals surface area contributed by atoms with Gasteiger partial charge in [0, 0.05) is 22.3 Å². The van der Waals surface area contributed by atoms with Gasteiger partial charge in [-0.2, -0.15) is 9.78 Å². The van der Waals surface area contributed by atoms with E-state index in [1.165, 1.54) is 4.68 Å². The van der Waals surface area contributed by atoms with Crippen LogP contribution in [0.25, 0.3) is 16.6 Å². The van der Waals surface area contributed by atoms with Crippen LogP contribution in [0.5, 0.6) is 5.75 Å². The third-order valence-corrected chi connectivity index (χ3v) is 5.28. The number of aromatic nitrogens is 3.